The van der Waals surface area contributed by atoms with Crippen LogP contribution in [0.1, 0.15) is 15.9 Å². The minimum absolute atomic E-state index is 0.147. The maximum atomic E-state index is 12.6. The number of rotatable bonds is 4. The quantitative estimate of drug-likeness (QED) is 0.665. The number of para-hydroxylation sites is 1. The first-order valence-electron chi connectivity index (χ1n) is 8.38. The van der Waals surface area contributed by atoms with Crippen LogP contribution in [0.4, 0.5) is 0 Å². The summed E-state index contributed by atoms with van der Waals surface area (Å²) < 4.78 is 2.96. The minimum Gasteiger partial charge on any atom is -0.412 e. The van der Waals surface area contributed by atoms with Crippen LogP contribution in [0.15, 0.2) is 53.3 Å². The average Bonchev–Trinajstić information content (AvgIpc) is 2.95. The Morgan fingerprint density at radius 3 is 2.65 bits per heavy atom. The van der Waals surface area contributed by atoms with E-state index in [4.69, 9.17) is 9.68 Å². The summed E-state index contributed by atoms with van der Waals surface area (Å²) in [5, 5.41) is 1.54. The van der Waals surface area contributed by atoms with Crippen molar-refractivity contribution < 1.29 is 14.5 Å². The number of benzene rings is 2. The molecule has 0 amide bonds. The highest BCUT2D eigenvalue weighted by Gasteiger charge is 2.29. The van der Waals surface area contributed by atoms with Crippen LogP contribution >= 0.6 is 0 Å². The predicted molar refractivity (Wildman–Crippen MR) is 95.8 cm³/mol. The van der Waals surface area contributed by atoms with E-state index in [0.29, 0.717) is 18.5 Å². The van der Waals surface area contributed by atoms with E-state index in [1.54, 1.807) is 35.9 Å². The van der Waals surface area contributed by atoms with E-state index in [1.807, 2.05) is 24.3 Å². The van der Waals surface area contributed by atoms with E-state index in [1.165, 1.54) is 16.9 Å². The van der Waals surface area contributed by atoms with Gasteiger partial charge >= 0.3 is 11.7 Å². The number of aromatic nitrogens is 2. The van der Waals surface area contributed by atoms with Gasteiger partial charge in [0.1, 0.15) is 12.6 Å². The normalized spacial score (nSPS) is 16.0. The van der Waals surface area contributed by atoms with E-state index >= 15 is 0 Å². The zero-order chi connectivity index (χ0) is 18.3. The van der Waals surface area contributed by atoms with Gasteiger partial charge in [0, 0.05) is 13.6 Å². The lowest BCUT2D eigenvalue weighted by Crippen LogP contribution is -2.43. The molecule has 0 unspecified atom stereocenters. The Labute approximate surface area is 149 Å². The Morgan fingerprint density at radius 1 is 1.15 bits per heavy atom. The molecule has 0 saturated heterocycles. The SMILES string of the molecule is COn1c(=O)n2c3c(cccc31)C[C@@H](N(C)OC(=O)c1ccccc1)C2. The van der Waals surface area contributed by atoms with Crippen molar-refractivity contribution in [3.63, 3.8) is 0 Å². The fourth-order valence-electron chi connectivity index (χ4n) is 3.48. The highest BCUT2D eigenvalue weighted by atomic mass is 16.7. The van der Waals surface area contributed by atoms with E-state index in [-0.39, 0.29) is 11.7 Å². The zero-order valence-corrected chi connectivity index (χ0v) is 14.6. The van der Waals surface area contributed by atoms with Crippen LogP contribution in [0.2, 0.25) is 0 Å². The summed E-state index contributed by atoms with van der Waals surface area (Å²) in [6.45, 7) is 0.418. The molecule has 0 saturated carbocycles. The van der Waals surface area contributed by atoms with Crippen LogP contribution in [0.25, 0.3) is 11.0 Å². The lowest BCUT2D eigenvalue weighted by molar-refractivity contribution is -0.122. The second-order valence-corrected chi connectivity index (χ2v) is 6.30. The third-order valence-corrected chi connectivity index (χ3v) is 4.77. The van der Waals surface area contributed by atoms with Crippen molar-refractivity contribution >= 4 is 17.0 Å². The van der Waals surface area contributed by atoms with Gasteiger partial charge in [-0.3, -0.25) is 4.57 Å². The fourth-order valence-corrected chi connectivity index (χ4v) is 3.48. The van der Waals surface area contributed by atoms with Crippen molar-refractivity contribution in [2.45, 2.75) is 19.0 Å². The summed E-state index contributed by atoms with van der Waals surface area (Å²) in [5.74, 6) is -0.418. The lowest BCUT2D eigenvalue weighted by atomic mass is 10.0. The van der Waals surface area contributed by atoms with Gasteiger partial charge in [-0.25, -0.2) is 9.59 Å². The van der Waals surface area contributed by atoms with Crippen molar-refractivity contribution in [1.82, 2.24) is 14.4 Å². The molecule has 1 aromatic heterocycles. The van der Waals surface area contributed by atoms with E-state index in [9.17, 15) is 9.59 Å². The molecule has 0 aliphatic carbocycles. The number of nitrogens with zero attached hydrogens (tertiary/aromatic N) is 3. The van der Waals surface area contributed by atoms with Gasteiger partial charge in [-0.2, -0.15) is 0 Å². The molecule has 7 heteroatoms. The topological polar surface area (TPSA) is 65.7 Å². The molecule has 26 heavy (non-hydrogen) atoms. The van der Waals surface area contributed by atoms with Gasteiger partial charge in [0.25, 0.3) is 0 Å². The summed E-state index contributed by atoms with van der Waals surface area (Å²) in [6, 6.07) is 14.4. The Hall–Kier alpha value is -3.06. The monoisotopic (exact) mass is 353 g/mol. The maximum absolute atomic E-state index is 12.6. The smallest absolute Gasteiger partial charge is 0.362 e. The van der Waals surface area contributed by atoms with Crippen molar-refractivity contribution in [1.29, 1.82) is 0 Å². The number of hydroxylamine groups is 2. The molecule has 4 rings (SSSR count). The summed E-state index contributed by atoms with van der Waals surface area (Å²) >= 11 is 0. The van der Waals surface area contributed by atoms with Gasteiger partial charge in [0.15, 0.2) is 0 Å². The van der Waals surface area contributed by atoms with Crippen LogP contribution < -0.4 is 10.5 Å². The molecule has 3 aromatic rings. The summed E-state index contributed by atoms with van der Waals surface area (Å²) in [5.41, 5.74) is 2.90. The van der Waals surface area contributed by atoms with Gasteiger partial charge in [0.05, 0.1) is 17.1 Å². The van der Waals surface area contributed by atoms with E-state index in [0.717, 1.165) is 16.6 Å². The molecular weight excluding hydrogens is 334 g/mol. The fraction of sp³-hybridized carbons (Fsp3) is 0.263. The molecule has 0 N–H and O–H groups in total. The summed E-state index contributed by atoms with van der Waals surface area (Å²) in [4.78, 5) is 35.6. The van der Waals surface area contributed by atoms with Crippen molar-refractivity contribution in [2.24, 2.45) is 0 Å². The molecule has 1 aliphatic rings. The second-order valence-electron chi connectivity index (χ2n) is 6.30. The minimum atomic E-state index is -0.418. The van der Waals surface area contributed by atoms with E-state index < -0.39 is 5.97 Å². The van der Waals surface area contributed by atoms with Crippen LogP contribution in [0.5, 0.6) is 0 Å². The first-order valence-corrected chi connectivity index (χ1v) is 8.38. The number of hydrogen-bond donors (Lipinski definition) is 0. The molecule has 0 bridgehead atoms. The molecular formula is C19H19N3O4. The first kappa shape index (κ1) is 16.4. The van der Waals surface area contributed by atoms with Crippen molar-refractivity contribution in [3.05, 3.63) is 70.1 Å². The highest BCUT2D eigenvalue weighted by Crippen LogP contribution is 2.25. The Kier molecular flexibility index (Phi) is 4.00. The van der Waals surface area contributed by atoms with Crippen LogP contribution in [-0.2, 0) is 17.8 Å². The molecule has 1 aliphatic heterocycles. The molecule has 0 spiro atoms. The second kappa shape index (κ2) is 6.34. The van der Waals surface area contributed by atoms with Crippen LogP contribution in [0, 0.1) is 0 Å². The molecule has 134 valence electrons. The van der Waals surface area contributed by atoms with E-state index in [2.05, 4.69) is 0 Å². The number of likely N-dealkylation sites (N-methyl/N-ethyl adjacent to an activating group) is 1. The average molecular weight is 353 g/mol. The van der Waals surface area contributed by atoms with Gasteiger partial charge in [0.2, 0.25) is 0 Å². The Bertz CT molecular complexity index is 1020. The molecule has 7 nitrogen and oxygen atoms in total. The number of hydrogen-bond acceptors (Lipinski definition) is 5. The van der Waals surface area contributed by atoms with Gasteiger partial charge in [-0.05, 0) is 30.2 Å². The van der Waals surface area contributed by atoms with Crippen molar-refractivity contribution in [2.75, 3.05) is 14.2 Å². The Balaban J connectivity index is 1.61. The van der Waals surface area contributed by atoms with Gasteiger partial charge in [-0.15, -0.1) is 9.79 Å². The summed E-state index contributed by atoms with van der Waals surface area (Å²) in [6.07, 6.45) is 0.670. The largest absolute Gasteiger partial charge is 0.412 e. The molecule has 2 heterocycles. The lowest BCUT2D eigenvalue weighted by Gasteiger charge is -2.30. The third kappa shape index (κ3) is 2.57. The molecule has 1 atom stereocenters. The maximum Gasteiger partial charge on any atom is 0.362 e. The van der Waals surface area contributed by atoms with Gasteiger partial charge in [-0.1, -0.05) is 30.3 Å². The van der Waals surface area contributed by atoms with Crippen LogP contribution in [0.3, 0.4) is 0 Å². The molecule has 0 fully saturated rings. The number of carbonyl (C=O) groups excluding carboxylic acids is 1. The predicted octanol–water partition coefficient (Wildman–Crippen LogP) is 1.49. The number of carbonyl (C=O) groups is 1. The third-order valence-electron chi connectivity index (χ3n) is 4.77. The zero-order valence-electron chi connectivity index (χ0n) is 14.6. The van der Waals surface area contributed by atoms with Crippen LogP contribution in [-0.4, -0.2) is 40.5 Å². The molecule has 0 radical (unpaired) electrons. The highest BCUT2D eigenvalue weighted by molar-refractivity contribution is 5.89. The van der Waals surface area contributed by atoms with Gasteiger partial charge < -0.3 is 9.68 Å². The van der Waals surface area contributed by atoms with Crippen molar-refractivity contribution in [3.8, 4) is 0 Å². The standard InChI is InChI=1S/C19H19N3O4/c1-20(26-18(23)13-7-4-3-5-8-13)15-11-14-9-6-10-16-17(14)21(12-15)19(24)22(16)25-2/h3-10,15H,11-12H2,1-2H3/t15-/m1/s1. The molecule has 2 aromatic carbocycles. The first-order chi connectivity index (χ1) is 12.6. The summed E-state index contributed by atoms with van der Waals surface area (Å²) in [7, 11) is 3.19. The number of imidazole rings is 1. The Morgan fingerprint density at radius 2 is 1.92 bits per heavy atom.